The molecule has 2 aliphatic rings. The Morgan fingerprint density at radius 2 is 1.95 bits per heavy atom. The smallest absolute Gasteiger partial charge is 0.119 e. The van der Waals surface area contributed by atoms with E-state index in [1.807, 2.05) is 12.1 Å². The van der Waals surface area contributed by atoms with Crippen molar-refractivity contribution in [2.24, 2.45) is 0 Å². The van der Waals surface area contributed by atoms with Crippen LogP contribution in [0, 0.1) is 0 Å². The Morgan fingerprint density at radius 3 is 2.73 bits per heavy atom. The molecule has 2 bridgehead atoms. The lowest BCUT2D eigenvalue weighted by Crippen LogP contribution is -2.37. The van der Waals surface area contributed by atoms with Crippen LogP contribution in [0.5, 0.6) is 5.75 Å². The number of halogens is 2. The maximum Gasteiger partial charge on any atom is 0.119 e. The first-order valence-corrected chi connectivity index (χ1v) is 8.23. The van der Waals surface area contributed by atoms with Crippen LogP contribution in [0.2, 0.25) is 10.0 Å². The number of nitrogens with zero attached hydrogens (tertiary/aromatic N) is 1. The molecule has 2 atom stereocenters. The van der Waals surface area contributed by atoms with Gasteiger partial charge in [0.15, 0.2) is 0 Å². The van der Waals surface area contributed by atoms with Crippen molar-refractivity contribution in [2.45, 2.75) is 18.4 Å². The van der Waals surface area contributed by atoms with Crippen LogP contribution >= 0.6 is 23.2 Å². The molecule has 0 radical (unpaired) electrons. The van der Waals surface area contributed by atoms with Crippen molar-refractivity contribution in [3.63, 3.8) is 0 Å². The third kappa shape index (κ3) is 2.05. The number of ether oxygens (including phenoxy) is 1. The van der Waals surface area contributed by atoms with E-state index in [-0.39, 0.29) is 5.41 Å². The molecule has 22 heavy (non-hydrogen) atoms. The number of methoxy groups -OCH3 is 1. The molecule has 0 N–H and O–H groups in total. The minimum Gasteiger partial charge on any atom is -0.497 e. The quantitative estimate of drug-likeness (QED) is 0.801. The van der Waals surface area contributed by atoms with E-state index in [0.29, 0.717) is 10.0 Å². The van der Waals surface area contributed by atoms with Crippen LogP contribution < -0.4 is 4.74 Å². The zero-order valence-electron chi connectivity index (χ0n) is 12.4. The zero-order chi connectivity index (χ0) is 15.3. The maximum atomic E-state index is 6.27. The van der Waals surface area contributed by atoms with Gasteiger partial charge in [-0.1, -0.05) is 35.3 Å². The lowest BCUT2D eigenvalue weighted by molar-refractivity contribution is 0.293. The average molecular weight is 334 g/mol. The predicted molar refractivity (Wildman–Crippen MR) is 90.1 cm³/mol. The van der Waals surface area contributed by atoms with Gasteiger partial charge < -0.3 is 4.74 Å². The average Bonchev–Trinajstić information content (AvgIpc) is 2.88. The molecule has 2 heterocycles. The van der Waals surface area contributed by atoms with Gasteiger partial charge in [-0.3, -0.25) is 4.90 Å². The minimum absolute atomic E-state index is 0.0219. The molecule has 0 aromatic heterocycles. The topological polar surface area (TPSA) is 12.5 Å². The number of hydrogen-bond donors (Lipinski definition) is 0. The summed E-state index contributed by atoms with van der Waals surface area (Å²) in [7, 11) is 1.72. The van der Waals surface area contributed by atoms with Crippen molar-refractivity contribution in [3.8, 4) is 5.75 Å². The van der Waals surface area contributed by atoms with Crippen LogP contribution in [0.15, 0.2) is 36.4 Å². The molecule has 1 saturated heterocycles. The van der Waals surface area contributed by atoms with Crippen molar-refractivity contribution in [3.05, 3.63) is 63.1 Å². The van der Waals surface area contributed by atoms with Crippen molar-refractivity contribution in [1.82, 2.24) is 4.90 Å². The fraction of sp³-hybridized carbons (Fsp3) is 0.333. The molecule has 1 fully saturated rings. The maximum absolute atomic E-state index is 6.27. The molecule has 0 aliphatic carbocycles. The van der Waals surface area contributed by atoms with Gasteiger partial charge in [0.1, 0.15) is 5.75 Å². The summed E-state index contributed by atoms with van der Waals surface area (Å²) in [6, 6.07) is 12.5. The highest BCUT2D eigenvalue weighted by molar-refractivity contribution is 6.42. The van der Waals surface area contributed by atoms with Gasteiger partial charge in [-0.25, -0.2) is 0 Å². The Morgan fingerprint density at radius 1 is 1.09 bits per heavy atom. The molecule has 2 aliphatic heterocycles. The lowest BCUT2D eigenvalue weighted by atomic mass is 9.71. The van der Waals surface area contributed by atoms with E-state index in [4.69, 9.17) is 27.9 Å². The third-order valence-electron chi connectivity index (χ3n) is 5.04. The van der Waals surface area contributed by atoms with E-state index >= 15 is 0 Å². The van der Waals surface area contributed by atoms with E-state index < -0.39 is 0 Å². The lowest BCUT2D eigenvalue weighted by Gasteiger charge is -2.37. The molecule has 4 rings (SSSR count). The first-order valence-electron chi connectivity index (χ1n) is 7.48. The first kappa shape index (κ1) is 14.4. The molecule has 4 heteroatoms. The van der Waals surface area contributed by atoms with Crippen molar-refractivity contribution < 1.29 is 4.74 Å². The van der Waals surface area contributed by atoms with Crippen LogP contribution in [0.1, 0.15) is 23.1 Å². The van der Waals surface area contributed by atoms with Crippen LogP contribution in [0.25, 0.3) is 0 Å². The van der Waals surface area contributed by atoms with Gasteiger partial charge in [0.05, 0.1) is 17.2 Å². The summed E-state index contributed by atoms with van der Waals surface area (Å²) in [6.07, 6.45) is 1.12. The summed E-state index contributed by atoms with van der Waals surface area (Å²) < 4.78 is 5.39. The predicted octanol–water partition coefficient (Wildman–Crippen LogP) is 4.51. The highest BCUT2D eigenvalue weighted by Gasteiger charge is 2.45. The summed E-state index contributed by atoms with van der Waals surface area (Å²) in [4.78, 5) is 2.50. The van der Waals surface area contributed by atoms with Gasteiger partial charge in [0.25, 0.3) is 0 Å². The van der Waals surface area contributed by atoms with E-state index in [2.05, 4.69) is 29.2 Å². The Labute approximate surface area is 140 Å². The second kappa shape index (κ2) is 5.16. The Bertz CT molecular complexity index is 746. The van der Waals surface area contributed by atoms with Crippen LogP contribution in [0.3, 0.4) is 0 Å². The zero-order valence-corrected chi connectivity index (χ0v) is 13.9. The van der Waals surface area contributed by atoms with Gasteiger partial charge in [-0.2, -0.15) is 0 Å². The molecule has 0 saturated carbocycles. The highest BCUT2D eigenvalue weighted by atomic mass is 35.5. The summed E-state index contributed by atoms with van der Waals surface area (Å²) in [6.45, 7) is 3.15. The third-order valence-corrected chi connectivity index (χ3v) is 5.78. The molecular formula is C18H17Cl2NO. The molecule has 0 amide bonds. The number of benzene rings is 2. The number of rotatable bonds is 2. The van der Waals surface area contributed by atoms with Crippen molar-refractivity contribution >= 4 is 23.2 Å². The fourth-order valence-electron chi connectivity index (χ4n) is 3.96. The largest absolute Gasteiger partial charge is 0.497 e. The normalized spacial score (nSPS) is 25.9. The minimum atomic E-state index is 0.0219. The van der Waals surface area contributed by atoms with E-state index in [1.165, 1.54) is 16.7 Å². The standard InChI is InChI=1S/C18H17Cl2NO/c1-22-14-3-4-15-12(8-14)10-21-7-6-18(15,11-21)13-2-5-16(19)17(20)9-13/h2-5,8-9H,6-7,10-11H2,1H3. The Hall–Kier alpha value is -1.22. The number of hydrogen-bond acceptors (Lipinski definition) is 2. The Balaban J connectivity index is 1.89. The SMILES string of the molecule is COc1ccc2c(c1)CN1CCC2(c2ccc(Cl)c(Cl)c2)C1. The van der Waals surface area contributed by atoms with Crippen LogP contribution in [-0.2, 0) is 12.0 Å². The summed E-state index contributed by atoms with van der Waals surface area (Å²) in [5, 5.41) is 1.25. The van der Waals surface area contributed by atoms with E-state index in [9.17, 15) is 0 Å². The highest BCUT2D eigenvalue weighted by Crippen LogP contribution is 2.47. The molecule has 2 aromatic carbocycles. The van der Waals surface area contributed by atoms with Crippen LogP contribution in [-0.4, -0.2) is 25.1 Å². The van der Waals surface area contributed by atoms with Gasteiger partial charge in [0, 0.05) is 18.5 Å². The number of fused-ring (bicyclic) bond motifs is 4. The summed E-state index contributed by atoms with van der Waals surface area (Å²) in [5.74, 6) is 0.922. The molecule has 2 unspecified atom stereocenters. The van der Waals surface area contributed by atoms with Crippen LogP contribution in [0.4, 0.5) is 0 Å². The Kier molecular flexibility index (Phi) is 3.37. The van der Waals surface area contributed by atoms with Gasteiger partial charge >= 0.3 is 0 Å². The van der Waals surface area contributed by atoms with Gasteiger partial charge in [0.2, 0.25) is 0 Å². The summed E-state index contributed by atoms with van der Waals surface area (Å²) >= 11 is 12.4. The fourth-order valence-corrected chi connectivity index (χ4v) is 4.26. The summed E-state index contributed by atoms with van der Waals surface area (Å²) in [5.41, 5.74) is 4.04. The molecule has 2 aromatic rings. The monoisotopic (exact) mass is 333 g/mol. The van der Waals surface area contributed by atoms with Crippen molar-refractivity contribution in [1.29, 1.82) is 0 Å². The van der Waals surface area contributed by atoms with Crippen molar-refractivity contribution in [2.75, 3.05) is 20.2 Å². The molecule has 114 valence electrons. The van der Waals surface area contributed by atoms with E-state index in [0.717, 1.165) is 31.8 Å². The first-order chi connectivity index (χ1) is 10.6. The second-order valence-corrected chi connectivity index (χ2v) is 7.01. The second-order valence-electron chi connectivity index (χ2n) is 6.19. The van der Waals surface area contributed by atoms with Gasteiger partial charge in [-0.15, -0.1) is 0 Å². The van der Waals surface area contributed by atoms with Gasteiger partial charge in [-0.05, 0) is 53.9 Å². The molecular weight excluding hydrogens is 317 g/mol. The van der Waals surface area contributed by atoms with E-state index in [1.54, 1.807) is 7.11 Å². The molecule has 0 spiro atoms. The molecule has 2 nitrogen and oxygen atoms in total.